The minimum Gasteiger partial charge on any atom is -0.444 e. The second-order valence-electron chi connectivity index (χ2n) is 3.81. The number of amides is 1. The monoisotopic (exact) mass is 341 g/mol. The van der Waals surface area contributed by atoms with E-state index >= 15 is 0 Å². The lowest BCUT2D eigenvalue weighted by atomic mass is 10.1. The molecule has 1 N–H and O–H groups in total. The highest BCUT2D eigenvalue weighted by molar-refractivity contribution is 9.10. The molecule has 0 aliphatic rings. The van der Waals surface area contributed by atoms with Gasteiger partial charge in [0, 0.05) is 5.56 Å². The average Bonchev–Trinajstić information content (AvgIpc) is 2.78. The Morgan fingerprint density at radius 1 is 1.26 bits per heavy atom. The van der Waals surface area contributed by atoms with Crippen molar-refractivity contribution < 1.29 is 14.0 Å². The van der Waals surface area contributed by atoms with Crippen molar-refractivity contribution in [2.45, 2.75) is 6.92 Å². The van der Waals surface area contributed by atoms with Crippen LogP contribution in [0.4, 0.5) is 5.69 Å². The SMILES string of the molecule is CC(=O)c1ccc(Cl)c(NC(=O)c2ccc(Br)o2)c1. The first-order valence-electron chi connectivity index (χ1n) is 5.34. The van der Waals surface area contributed by atoms with Crippen molar-refractivity contribution in [3.05, 3.63) is 51.3 Å². The molecule has 98 valence electrons. The molecule has 0 radical (unpaired) electrons. The van der Waals surface area contributed by atoms with Gasteiger partial charge in [-0.25, -0.2) is 0 Å². The van der Waals surface area contributed by atoms with E-state index in [9.17, 15) is 9.59 Å². The van der Waals surface area contributed by atoms with Crippen LogP contribution >= 0.6 is 27.5 Å². The summed E-state index contributed by atoms with van der Waals surface area (Å²) in [6.07, 6.45) is 0. The molecule has 1 aromatic carbocycles. The second kappa shape index (κ2) is 5.59. The number of hydrogen-bond donors (Lipinski definition) is 1. The van der Waals surface area contributed by atoms with Crippen molar-refractivity contribution in [3.8, 4) is 0 Å². The van der Waals surface area contributed by atoms with Gasteiger partial charge in [0.05, 0.1) is 10.7 Å². The molecule has 2 rings (SSSR count). The molecule has 0 bridgehead atoms. The van der Waals surface area contributed by atoms with E-state index in [-0.39, 0.29) is 11.5 Å². The molecular formula is C13H9BrClNO3. The number of carbonyl (C=O) groups is 2. The Hall–Kier alpha value is -1.59. The van der Waals surface area contributed by atoms with Gasteiger partial charge in [-0.15, -0.1) is 0 Å². The maximum Gasteiger partial charge on any atom is 0.291 e. The number of ketones is 1. The molecule has 1 aromatic heterocycles. The number of hydrogen-bond acceptors (Lipinski definition) is 3. The lowest BCUT2D eigenvalue weighted by Gasteiger charge is -2.07. The van der Waals surface area contributed by atoms with Gasteiger partial charge in [-0.1, -0.05) is 11.6 Å². The Morgan fingerprint density at radius 3 is 2.58 bits per heavy atom. The van der Waals surface area contributed by atoms with E-state index in [4.69, 9.17) is 16.0 Å². The van der Waals surface area contributed by atoms with E-state index in [1.807, 2.05) is 0 Å². The van der Waals surface area contributed by atoms with Crippen LogP contribution in [0.2, 0.25) is 5.02 Å². The standard InChI is InChI=1S/C13H9BrClNO3/c1-7(17)8-2-3-9(15)10(6-8)16-13(18)11-4-5-12(14)19-11/h2-6H,1H3,(H,16,18). The first-order chi connectivity index (χ1) is 8.97. The molecular weight excluding hydrogens is 334 g/mol. The largest absolute Gasteiger partial charge is 0.444 e. The number of Topliss-reactive ketones (excluding diaryl/α,β-unsaturated/α-hetero) is 1. The van der Waals surface area contributed by atoms with E-state index in [0.29, 0.717) is 20.9 Å². The zero-order chi connectivity index (χ0) is 14.0. The minimum absolute atomic E-state index is 0.104. The van der Waals surface area contributed by atoms with Gasteiger partial charge in [-0.2, -0.15) is 0 Å². The topological polar surface area (TPSA) is 59.3 Å². The van der Waals surface area contributed by atoms with Crippen LogP contribution in [0.5, 0.6) is 0 Å². The molecule has 1 heterocycles. The Labute approximate surface area is 122 Å². The van der Waals surface area contributed by atoms with Crippen molar-refractivity contribution in [2.24, 2.45) is 0 Å². The van der Waals surface area contributed by atoms with E-state index in [0.717, 1.165) is 0 Å². The minimum atomic E-state index is -0.437. The number of nitrogens with one attached hydrogen (secondary N) is 1. The molecule has 0 saturated carbocycles. The fraction of sp³-hybridized carbons (Fsp3) is 0.0769. The van der Waals surface area contributed by atoms with Gasteiger partial charge in [-0.3, -0.25) is 9.59 Å². The van der Waals surface area contributed by atoms with Gasteiger partial charge >= 0.3 is 0 Å². The molecule has 0 atom stereocenters. The zero-order valence-corrected chi connectivity index (χ0v) is 12.2. The predicted molar refractivity (Wildman–Crippen MR) is 75.8 cm³/mol. The van der Waals surface area contributed by atoms with Crippen LogP contribution in [0.25, 0.3) is 0 Å². The van der Waals surface area contributed by atoms with Crippen molar-refractivity contribution in [3.63, 3.8) is 0 Å². The third-order valence-electron chi connectivity index (χ3n) is 2.42. The van der Waals surface area contributed by atoms with Crippen molar-refractivity contribution in [2.75, 3.05) is 5.32 Å². The molecule has 4 nitrogen and oxygen atoms in total. The Bertz CT molecular complexity index is 651. The maximum absolute atomic E-state index is 11.9. The molecule has 0 aliphatic heterocycles. The molecule has 0 aliphatic carbocycles. The summed E-state index contributed by atoms with van der Waals surface area (Å²) in [6.45, 7) is 1.44. The molecule has 2 aromatic rings. The molecule has 0 saturated heterocycles. The van der Waals surface area contributed by atoms with Crippen LogP contribution in [0.15, 0.2) is 39.4 Å². The maximum atomic E-state index is 11.9. The van der Waals surface area contributed by atoms with Crippen molar-refractivity contribution >= 4 is 44.9 Å². The van der Waals surface area contributed by atoms with Gasteiger partial charge in [0.2, 0.25) is 0 Å². The summed E-state index contributed by atoms with van der Waals surface area (Å²) in [6, 6.07) is 7.83. The lowest BCUT2D eigenvalue weighted by molar-refractivity contribution is 0.0991. The summed E-state index contributed by atoms with van der Waals surface area (Å²) in [7, 11) is 0. The molecule has 0 fully saturated rings. The van der Waals surface area contributed by atoms with Gasteiger partial charge in [-0.05, 0) is 53.2 Å². The van der Waals surface area contributed by atoms with Crippen molar-refractivity contribution in [1.29, 1.82) is 0 Å². The number of furan rings is 1. The summed E-state index contributed by atoms with van der Waals surface area (Å²) in [5, 5.41) is 2.95. The third kappa shape index (κ3) is 3.24. The van der Waals surface area contributed by atoms with E-state index in [1.54, 1.807) is 18.2 Å². The fourth-order valence-electron chi connectivity index (χ4n) is 1.46. The molecule has 6 heteroatoms. The summed E-state index contributed by atoms with van der Waals surface area (Å²) in [5.74, 6) is -0.391. The highest BCUT2D eigenvalue weighted by atomic mass is 79.9. The van der Waals surface area contributed by atoms with Crippen molar-refractivity contribution in [1.82, 2.24) is 0 Å². The van der Waals surface area contributed by atoms with Crippen LogP contribution in [-0.4, -0.2) is 11.7 Å². The van der Waals surface area contributed by atoms with E-state index in [2.05, 4.69) is 21.2 Å². The van der Waals surface area contributed by atoms with Gasteiger partial charge < -0.3 is 9.73 Å². The van der Waals surface area contributed by atoms with Crippen LogP contribution in [0.3, 0.4) is 0 Å². The summed E-state index contributed by atoms with van der Waals surface area (Å²) < 4.78 is 5.59. The van der Waals surface area contributed by atoms with Gasteiger partial charge in [0.15, 0.2) is 16.2 Å². The smallest absolute Gasteiger partial charge is 0.291 e. The number of benzene rings is 1. The van der Waals surface area contributed by atoms with Gasteiger partial charge in [0.1, 0.15) is 0 Å². The number of anilines is 1. The Morgan fingerprint density at radius 2 is 2.00 bits per heavy atom. The quantitative estimate of drug-likeness (QED) is 0.852. The highest BCUT2D eigenvalue weighted by Gasteiger charge is 2.13. The summed E-state index contributed by atoms with van der Waals surface area (Å²) >= 11 is 9.09. The van der Waals surface area contributed by atoms with E-state index < -0.39 is 5.91 Å². The summed E-state index contributed by atoms with van der Waals surface area (Å²) in [4.78, 5) is 23.2. The predicted octanol–water partition coefficient (Wildman–Crippen LogP) is 4.15. The molecule has 0 unspecified atom stereocenters. The molecule has 0 spiro atoms. The first kappa shape index (κ1) is 13.8. The zero-order valence-electron chi connectivity index (χ0n) is 9.87. The van der Waals surface area contributed by atoms with Crippen LogP contribution in [0.1, 0.15) is 27.8 Å². The Balaban J connectivity index is 2.25. The second-order valence-corrected chi connectivity index (χ2v) is 5.00. The third-order valence-corrected chi connectivity index (χ3v) is 3.17. The number of rotatable bonds is 3. The number of halogens is 2. The molecule has 19 heavy (non-hydrogen) atoms. The fourth-order valence-corrected chi connectivity index (χ4v) is 1.93. The highest BCUT2D eigenvalue weighted by Crippen LogP contribution is 2.24. The average molecular weight is 343 g/mol. The van der Waals surface area contributed by atoms with Crippen LogP contribution < -0.4 is 5.32 Å². The molecule has 1 amide bonds. The lowest BCUT2D eigenvalue weighted by Crippen LogP contribution is -2.11. The normalized spacial score (nSPS) is 10.3. The van der Waals surface area contributed by atoms with Crippen LogP contribution in [-0.2, 0) is 0 Å². The van der Waals surface area contributed by atoms with Gasteiger partial charge in [0.25, 0.3) is 5.91 Å². The summed E-state index contributed by atoms with van der Waals surface area (Å²) in [5.41, 5.74) is 0.840. The van der Waals surface area contributed by atoms with E-state index in [1.165, 1.54) is 19.1 Å². The first-order valence-corrected chi connectivity index (χ1v) is 6.51. The van der Waals surface area contributed by atoms with Crippen LogP contribution in [0, 0.1) is 0 Å². The number of carbonyl (C=O) groups excluding carboxylic acids is 2. The Kier molecular flexibility index (Phi) is 4.07.